The summed E-state index contributed by atoms with van der Waals surface area (Å²) in [6.45, 7) is 0.509. The average Bonchev–Trinajstić information content (AvgIpc) is 3.48. The van der Waals surface area contributed by atoms with Crippen LogP contribution in [0.3, 0.4) is 0 Å². The number of esters is 1. The summed E-state index contributed by atoms with van der Waals surface area (Å²) in [7, 11) is 0. The third-order valence-electron chi connectivity index (χ3n) is 4.03. The smallest absolute Gasteiger partial charge is 0.342 e. The lowest BCUT2D eigenvalue weighted by atomic mass is 10.2. The molecule has 7 nitrogen and oxygen atoms in total. The van der Waals surface area contributed by atoms with E-state index in [0.717, 1.165) is 11.3 Å². The van der Waals surface area contributed by atoms with E-state index in [1.54, 1.807) is 24.3 Å². The third kappa shape index (κ3) is 5.03. The molecule has 0 radical (unpaired) electrons. The number of benzene rings is 2. The standard InChI is InChI=1S/C22H18N2O5S/c25-22(28-14-20-23-21(24-29-20)16-10-13-30-15-16)18-8-4-5-9-19(18)27-12-11-26-17-6-2-1-3-7-17/h1-10,13,15H,11-12,14H2. The molecule has 152 valence electrons. The zero-order valence-corrected chi connectivity index (χ0v) is 16.7. The summed E-state index contributed by atoms with van der Waals surface area (Å²) in [5, 5.41) is 7.73. The number of hydrogen-bond donors (Lipinski definition) is 0. The van der Waals surface area contributed by atoms with Gasteiger partial charge in [-0.2, -0.15) is 16.3 Å². The molecule has 0 N–H and O–H groups in total. The molecule has 4 aromatic rings. The van der Waals surface area contributed by atoms with Crippen LogP contribution in [0.4, 0.5) is 0 Å². The van der Waals surface area contributed by atoms with E-state index in [1.165, 1.54) is 11.3 Å². The van der Waals surface area contributed by atoms with Gasteiger partial charge in [-0.1, -0.05) is 35.5 Å². The summed E-state index contributed by atoms with van der Waals surface area (Å²) < 4.78 is 21.8. The topological polar surface area (TPSA) is 83.7 Å². The Morgan fingerprint density at radius 1 is 0.967 bits per heavy atom. The molecule has 8 heteroatoms. The Labute approximate surface area is 176 Å². The van der Waals surface area contributed by atoms with Gasteiger partial charge < -0.3 is 18.7 Å². The predicted octanol–water partition coefficient (Wildman–Crippen LogP) is 4.61. The normalized spacial score (nSPS) is 10.5. The molecule has 4 rings (SSSR count). The summed E-state index contributed by atoms with van der Waals surface area (Å²) >= 11 is 1.54. The number of aromatic nitrogens is 2. The largest absolute Gasteiger partial charge is 0.490 e. The number of rotatable bonds is 9. The Hall–Kier alpha value is -3.65. The summed E-state index contributed by atoms with van der Waals surface area (Å²) in [4.78, 5) is 16.7. The van der Waals surface area contributed by atoms with Crippen LogP contribution in [0.15, 0.2) is 75.9 Å². The molecule has 0 unspecified atom stereocenters. The second-order valence-corrected chi connectivity index (χ2v) is 6.89. The molecule has 0 saturated heterocycles. The van der Waals surface area contributed by atoms with Crippen LogP contribution in [0.2, 0.25) is 0 Å². The molecular formula is C22H18N2O5S. The molecule has 2 aromatic heterocycles. The number of carbonyl (C=O) groups excluding carboxylic acids is 1. The van der Waals surface area contributed by atoms with Gasteiger partial charge in [0.15, 0.2) is 6.61 Å². The molecule has 2 aromatic carbocycles. The van der Waals surface area contributed by atoms with Crippen LogP contribution in [0.25, 0.3) is 11.4 Å². The van der Waals surface area contributed by atoms with Gasteiger partial charge >= 0.3 is 5.97 Å². The SMILES string of the molecule is O=C(OCc1nc(-c2ccsc2)no1)c1ccccc1OCCOc1ccccc1. The van der Waals surface area contributed by atoms with E-state index in [0.29, 0.717) is 23.7 Å². The van der Waals surface area contributed by atoms with Gasteiger partial charge in [0.2, 0.25) is 5.82 Å². The summed E-state index contributed by atoms with van der Waals surface area (Å²) in [5.74, 6) is 1.33. The first kappa shape index (κ1) is 19.7. The fourth-order valence-corrected chi connectivity index (χ4v) is 3.25. The zero-order valence-electron chi connectivity index (χ0n) is 15.9. The first-order valence-electron chi connectivity index (χ1n) is 9.21. The zero-order chi connectivity index (χ0) is 20.6. The lowest BCUT2D eigenvalue weighted by Gasteiger charge is -2.11. The highest BCUT2D eigenvalue weighted by molar-refractivity contribution is 7.08. The van der Waals surface area contributed by atoms with Gasteiger partial charge in [0.1, 0.15) is 30.3 Å². The van der Waals surface area contributed by atoms with Crippen LogP contribution >= 0.6 is 11.3 Å². The molecule has 2 heterocycles. The van der Waals surface area contributed by atoms with Crippen LogP contribution in [-0.4, -0.2) is 29.3 Å². The van der Waals surface area contributed by atoms with Crippen LogP contribution < -0.4 is 9.47 Å². The lowest BCUT2D eigenvalue weighted by Crippen LogP contribution is -2.12. The van der Waals surface area contributed by atoms with Crippen molar-refractivity contribution in [1.29, 1.82) is 0 Å². The van der Waals surface area contributed by atoms with E-state index >= 15 is 0 Å². The van der Waals surface area contributed by atoms with Crippen LogP contribution in [0.1, 0.15) is 16.2 Å². The second-order valence-electron chi connectivity index (χ2n) is 6.11. The minimum absolute atomic E-state index is 0.124. The van der Waals surface area contributed by atoms with Crippen LogP contribution in [-0.2, 0) is 11.3 Å². The molecular weight excluding hydrogens is 404 g/mol. The number of para-hydroxylation sites is 2. The van der Waals surface area contributed by atoms with Gasteiger partial charge in [0.25, 0.3) is 5.89 Å². The molecule has 0 bridgehead atoms. The van der Waals surface area contributed by atoms with Crippen LogP contribution in [0.5, 0.6) is 11.5 Å². The summed E-state index contributed by atoms with van der Waals surface area (Å²) in [5.41, 5.74) is 1.17. The summed E-state index contributed by atoms with van der Waals surface area (Å²) in [6.07, 6.45) is 0. The van der Waals surface area contributed by atoms with Crippen molar-refractivity contribution in [3.8, 4) is 22.9 Å². The van der Waals surface area contributed by atoms with Gasteiger partial charge in [-0.3, -0.25) is 0 Å². The minimum Gasteiger partial charge on any atom is -0.490 e. The fourth-order valence-electron chi connectivity index (χ4n) is 2.62. The molecule has 0 aliphatic rings. The molecule has 30 heavy (non-hydrogen) atoms. The van der Waals surface area contributed by atoms with Gasteiger partial charge in [-0.05, 0) is 35.7 Å². The Bertz CT molecular complexity index is 1080. The maximum atomic E-state index is 12.5. The van der Waals surface area contributed by atoms with E-state index in [2.05, 4.69) is 10.1 Å². The number of ether oxygens (including phenoxy) is 3. The Balaban J connectivity index is 1.30. The predicted molar refractivity (Wildman–Crippen MR) is 111 cm³/mol. The van der Waals surface area contributed by atoms with Crippen molar-refractivity contribution in [3.05, 3.63) is 82.9 Å². The Kier molecular flexibility index (Phi) is 6.36. The molecule has 0 amide bonds. The van der Waals surface area contributed by atoms with E-state index in [9.17, 15) is 4.79 Å². The van der Waals surface area contributed by atoms with E-state index in [1.807, 2.05) is 47.2 Å². The highest BCUT2D eigenvalue weighted by atomic mass is 32.1. The van der Waals surface area contributed by atoms with E-state index in [4.69, 9.17) is 18.7 Å². The highest BCUT2D eigenvalue weighted by Crippen LogP contribution is 2.21. The Morgan fingerprint density at radius 2 is 1.77 bits per heavy atom. The minimum atomic E-state index is -0.537. The van der Waals surface area contributed by atoms with Gasteiger partial charge in [0, 0.05) is 10.9 Å². The quantitative estimate of drug-likeness (QED) is 0.288. The maximum absolute atomic E-state index is 12.5. The van der Waals surface area contributed by atoms with Crippen molar-refractivity contribution < 1.29 is 23.5 Å². The van der Waals surface area contributed by atoms with Gasteiger partial charge in [-0.15, -0.1) is 0 Å². The number of carbonyl (C=O) groups is 1. The summed E-state index contributed by atoms with van der Waals surface area (Å²) in [6, 6.07) is 18.2. The van der Waals surface area contributed by atoms with Crippen molar-refractivity contribution in [3.63, 3.8) is 0 Å². The van der Waals surface area contributed by atoms with Crippen molar-refractivity contribution in [2.45, 2.75) is 6.61 Å². The van der Waals surface area contributed by atoms with Gasteiger partial charge in [0.05, 0.1) is 0 Å². The third-order valence-corrected chi connectivity index (χ3v) is 4.72. The average molecular weight is 422 g/mol. The monoisotopic (exact) mass is 422 g/mol. The van der Waals surface area contributed by atoms with Crippen molar-refractivity contribution in [2.24, 2.45) is 0 Å². The highest BCUT2D eigenvalue weighted by Gasteiger charge is 2.16. The van der Waals surface area contributed by atoms with Crippen molar-refractivity contribution in [1.82, 2.24) is 10.1 Å². The molecule has 0 spiro atoms. The molecule has 0 fully saturated rings. The fraction of sp³-hybridized carbons (Fsp3) is 0.136. The van der Waals surface area contributed by atoms with Crippen molar-refractivity contribution >= 4 is 17.3 Å². The molecule has 0 aliphatic carbocycles. The lowest BCUT2D eigenvalue weighted by molar-refractivity contribution is 0.0424. The second kappa shape index (κ2) is 9.71. The molecule has 0 atom stereocenters. The number of thiophene rings is 1. The molecule has 0 saturated carbocycles. The first-order chi connectivity index (χ1) is 14.8. The Morgan fingerprint density at radius 3 is 2.60 bits per heavy atom. The van der Waals surface area contributed by atoms with E-state index < -0.39 is 5.97 Å². The number of hydrogen-bond acceptors (Lipinski definition) is 8. The number of nitrogens with zero attached hydrogens (tertiary/aromatic N) is 2. The van der Waals surface area contributed by atoms with Crippen molar-refractivity contribution in [2.75, 3.05) is 13.2 Å². The maximum Gasteiger partial charge on any atom is 0.342 e. The first-order valence-corrected chi connectivity index (χ1v) is 10.2. The molecule has 0 aliphatic heterocycles. The van der Waals surface area contributed by atoms with Gasteiger partial charge in [-0.25, -0.2) is 4.79 Å². The van der Waals surface area contributed by atoms with E-state index in [-0.39, 0.29) is 19.1 Å². The van der Waals surface area contributed by atoms with Crippen LogP contribution in [0, 0.1) is 0 Å².